The monoisotopic (exact) mass is 273 g/mol. The Bertz CT molecular complexity index is 633. The standard InChI is InChI=1S/C15H15NO4/c17-9-8-13(15(19)20)16-14(18)12-7-3-5-10-4-1-2-6-11(10)12/h1-7,13,17H,8-9H2,(H,16,18)(H,19,20). The molecule has 20 heavy (non-hydrogen) atoms. The Morgan fingerprint density at radius 3 is 2.50 bits per heavy atom. The van der Waals surface area contributed by atoms with E-state index in [1.165, 1.54) is 0 Å². The molecule has 3 N–H and O–H groups in total. The second-order valence-electron chi connectivity index (χ2n) is 4.40. The summed E-state index contributed by atoms with van der Waals surface area (Å²) in [5.41, 5.74) is 0.423. The first-order valence-corrected chi connectivity index (χ1v) is 6.26. The number of aliphatic hydroxyl groups is 1. The van der Waals surface area contributed by atoms with Gasteiger partial charge in [-0.2, -0.15) is 0 Å². The lowest BCUT2D eigenvalue weighted by Gasteiger charge is -2.14. The third-order valence-electron chi connectivity index (χ3n) is 3.06. The Labute approximate surface area is 115 Å². The summed E-state index contributed by atoms with van der Waals surface area (Å²) in [5, 5.41) is 21.9. The van der Waals surface area contributed by atoms with Crippen LogP contribution in [0.3, 0.4) is 0 Å². The first-order chi connectivity index (χ1) is 9.63. The Hall–Kier alpha value is -2.40. The molecule has 1 amide bonds. The van der Waals surface area contributed by atoms with Crippen molar-refractivity contribution in [3.63, 3.8) is 0 Å². The molecule has 2 rings (SSSR count). The number of carboxylic acids is 1. The zero-order chi connectivity index (χ0) is 14.5. The van der Waals surface area contributed by atoms with E-state index in [1.807, 2.05) is 30.3 Å². The van der Waals surface area contributed by atoms with Crippen molar-refractivity contribution in [3.8, 4) is 0 Å². The number of amides is 1. The van der Waals surface area contributed by atoms with Crippen molar-refractivity contribution in [2.24, 2.45) is 0 Å². The molecule has 1 unspecified atom stereocenters. The average Bonchev–Trinajstić information content (AvgIpc) is 2.46. The Kier molecular flexibility index (Phi) is 4.32. The Balaban J connectivity index is 2.29. The number of hydrogen-bond acceptors (Lipinski definition) is 3. The zero-order valence-corrected chi connectivity index (χ0v) is 10.7. The van der Waals surface area contributed by atoms with E-state index < -0.39 is 17.9 Å². The summed E-state index contributed by atoms with van der Waals surface area (Å²) < 4.78 is 0. The quantitative estimate of drug-likeness (QED) is 0.768. The van der Waals surface area contributed by atoms with Gasteiger partial charge in [0, 0.05) is 18.6 Å². The minimum Gasteiger partial charge on any atom is -0.480 e. The van der Waals surface area contributed by atoms with E-state index >= 15 is 0 Å². The molecular weight excluding hydrogens is 258 g/mol. The van der Waals surface area contributed by atoms with Gasteiger partial charge in [0.25, 0.3) is 5.91 Å². The van der Waals surface area contributed by atoms with E-state index in [-0.39, 0.29) is 13.0 Å². The highest BCUT2D eigenvalue weighted by molar-refractivity contribution is 6.07. The predicted molar refractivity (Wildman–Crippen MR) is 74.5 cm³/mol. The van der Waals surface area contributed by atoms with Gasteiger partial charge >= 0.3 is 5.97 Å². The molecule has 5 nitrogen and oxygen atoms in total. The van der Waals surface area contributed by atoms with E-state index in [1.54, 1.807) is 12.1 Å². The highest BCUT2D eigenvalue weighted by atomic mass is 16.4. The number of aliphatic hydroxyl groups excluding tert-OH is 1. The van der Waals surface area contributed by atoms with Crippen LogP contribution in [0.15, 0.2) is 42.5 Å². The average molecular weight is 273 g/mol. The maximum absolute atomic E-state index is 12.2. The Morgan fingerprint density at radius 2 is 1.80 bits per heavy atom. The van der Waals surface area contributed by atoms with Crippen molar-refractivity contribution in [2.45, 2.75) is 12.5 Å². The van der Waals surface area contributed by atoms with Gasteiger partial charge in [-0.3, -0.25) is 4.79 Å². The normalized spacial score (nSPS) is 12.1. The molecule has 0 saturated heterocycles. The molecule has 2 aromatic rings. The third-order valence-corrected chi connectivity index (χ3v) is 3.06. The first-order valence-electron chi connectivity index (χ1n) is 6.26. The second-order valence-corrected chi connectivity index (χ2v) is 4.40. The van der Waals surface area contributed by atoms with E-state index in [9.17, 15) is 9.59 Å². The lowest BCUT2D eigenvalue weighted by atomic mass is 10.0. The summed E-state index contributed by atoms with van der Waals surface area (Å²) >= 11 is 0. The van der Waals surface area contributed by atoms with E-state index in [0.29, 0.717) is 5.56 Å². The fourth-order valence-corrected chi connectivity index (χ4v) is 2.05. The summed E-state index contributed by atoms with van der Waals surface area (Å²) in [7, 11) is 0. The maximum Gasteiger partial charge on any atom is 0.326 e. The number of rotatable bonds is 5. The second kappa shape index (κ2) is 6.16. The summed E-state index contributed by atoms with van der Waals surface area (Å²) in [6.07, 6.45) is -0.0220. The Morgan fingerprint density at radius 1 is 1.10 bits per heavy atom. The highest BCUT2D eigenvalue weighted by Crippen LogP contribution is 2.18. The topological polar surface area (TPSA) is 86.6 Å². The summed E-state index contributed by atoms with van der Waals surface area (Å²) in [5.74, 6) is -1.62. The van der Waals surface area contributed by atoms with Crippen LogP contribution < -0.4 is 5.32 Å². The largest absolute Gasteiger partial charge is 0.480 e. The molecule has 0 aromatic heterocycles. The smallest absolute Gasteiger partial charge is 0.326 e. The molecule has 0 heterocycles. The van der Waals surface area contributed by atoms with Crippen LogP contribution in [-0.2, 0) is 4.79 Å². The molecule has 5 heteroatoms. The van der Waals surface area contributed by atoms with Crippen LogP contribution in [0.5, 0.6) is 0 Å². The lowest BCUT2D eigenvalue weighted by Crippen LogP contribution is -2.41. The summed E-state index contributed by atoms with van der Waals surface area (Å²) in [4.78, 5) is 23.2. The number of carbonyl (C=O) groups is 2. The molecule has 104 valence electrons. The molecule has 2 aromatic carbocycles. The van der Waals surface area contributed by atoms with Gasteiger partial charge in [0.15, 0.2) is 0 Å². The van der Waals surface area contributed by atoms with Gasteiger partial charge < -0.3 is 15.5 Å². The van der Waals surface area contributed by atoms with Crippen molar-refractivity contribution in [3.05, 3.63) is 48.0 Å². The van der Waals surface area contributed by atoms with Crippen LogP contribution in [0.4, 0.5) is 0 Å². The van der Waals surface area contributed by atoms with Gasteiger partial charge in [-0.25, -0.2) is 4.79 Å². The van der Waals surface area contributed by atoms with E-state index in [4.69, 9.17) is 10.2 Å². The van der Waals surface area contributed by atoms with Crippen LogP contribution in [0, 0.1) is 0 Å². The number of benzene rings is 2. The molecule has 0 aliphatic rings. The number of nitrogens with one attached hydrogen (secondary N) is 1. The van der Waals surface area contributed by atoms with Gasteiger partial charge in [0.05, 0.1) is 0 Å². The number of fused-ring (bicyclic) bond motifs is 1. The maximum atomic E-state index is 12.2. The van der Waals surface area contributed by atoms with Crippen molar-refractivity contribution in [2.75, 3.05) is 6.61 Å². The van der Waals surface area contributed by atoms with Gasteiger partial charge in [-0.05, 0) is 16.8 Å². The van der Waals surface area contributed by atoms with Gasteiger partial charge in [-0.15, -0.1) is 0 Å². The molecule has 0 spiro atoms. The van der Waals surface area contributed by atoms with Gasteiger partial charge in [-0.1, -0.05) is 36.4 Å². The molecule has 0 fully saturated rings. The first kappa shape index (κ1) is 14.0. The highest BCUT2D eigenvalue weighted by Gasteiger charge is 2.20. The molecule has 0 aliphatic heterocycles. The molecule has 0 radical (unpaired) electrons. The fourth-order valence-electron chi connectivity index (χ4n) is 2.05. The number of aliphatic carboxylic acids is 1. The fraction of sp³-hybridized carbons (Fsp3) is 0.200. The summed E-state index contributed by atoms with van der Waals surface area (Å²) in [6, 6.07) is 11.6. The van der Waals surface area contributed by atoms with Gasteiger partial charge in [0.1, 0.15) is 6.04 Å². The van der Waals surface area contributed by atoms with Crippen LogP contribution in [0.1, 0.15) is 16.8 Å². The lowest BCUT2D eigenvalue weighted by molar-refractivity contribution is -0.139. The van der Waals surface area contributed by atoms with Crippen molar-refractivity contribution >= 4 is 22.6 Å². The summed E-state index contributed by atoms with van der Waals surface area (Å²) in [6.45, 7) is -0.299. The SMILES string of the molecule is O=C(NC(CCO)C(=O)O)c1cccc2ccccc12. The van der Waals surface area contributed by atoms with Crippen LogP contribution in [0.25, 0.3) is 10.8 Å². The minimum absolute atomic E-state index is 0.0220. The molecule has 1 atom stereocenters. The zero-order valence-electron chi connectivity index (χ0n) is 10.7. The van der Waals surface area contributed by atoms with Gasteiger partial charge in [0.2, 0.25) is 0 Å². The molecule has 0 bridgehead atoms. The molecule has 0 aliphatic carbocycles. The third kappa shape index (κ3) is 2.95. The van der Waals surface area contributed by atoms with E-state index in [0.717, 1.165) is 10.8 Å². The van der Waals surface area contributed by atoms with Crippen molar-refractivity contribution in [1.29, 1.82) is 0 Å². The number of hydrogen-bond donors (Lipinski definition) is 3. The van der Waals surface area contributed by atoms with Crippen molar-refractivity contribution in [1.82, 2.24) is 5.32 Å². The van der Waals surface area contributed by atoms with Crippen LogP contribution in [-0.4, -0.2) is 34.7 Å². The molecular formula is C15H15NO4. The van der Waals surface area contributed by atoms with Crippen LogP contribution >= 0.6 is 0 Å². The van der Waals surface area contributed by atoms with Crippen LogP contribution in [0.2, 0.25) is 0 Å². The minimum atomic E-state index is -1.16. The number of carbonyl (C=O) groups excluding carboxylic acids is 1. The molecule has 0 saturated carbocycles. The predicted octanol–water partition coefficient (Wildman–Crippen LogP) is 1.41. The number of carboxylic acid groups (broad SMARTS) is 1. The van der Waals surface area contributed by atoms with Crippen molar-refractivity contribution < 1.29 is 19.8 Å². The van der Waals surface area contributed by atoms with E-state index in [2.05, 4.69) is 5.32 Å².